The Bertz CT molecular complexity index is 977. The van der Waals surface area contributed by atoms with Crippen LogP contribution in [-0.2, 0) is 22.8 Å². The van der Waals surface area contributed by atoms with Gasteiger partial charge in [-0.05, 0) is 54.0 Å². The Labute approximate surface area is 165 Å². The molecule has 0 bridgehead atoms. The third kappa shape index (κ3) is 3.78. The van der Waals surface area contributed by atoms with E-state index in [0.29, 0.717) is 11.4 Å². The van der Waals surface area contributed by atoms with Gasteiger partial charge in [-0.1, -0.05) is 36.4 Å². The molecular weight excluding hydrogens is 376 g/mol. The van der Waals surface area contributed by atoms with Crippen LogP contribution in [0, 0.1) is 5.41 Å². The van der Waals surface area contributed by atoms with E-state index >= 15 is 0 Å². The Balaban J connectivity index is 1.71. The highest BCUT2D eigenvalue weighted by molar-refractivity contribution is 7.99. The van der Waals surface area contributed by atoms with E-state index in [0.717, 1.165) is 47.9 Å². The van der Waals surface area contributed by atoms with Gasteiger partial charge in [0, 0.05) is 17.4 Å². The summed E-state index contributed by atoms with van der Waals surface area (Å²) < 4.78 is 24.2. The number of nitrogens with one attached hydrogen (secondary N) is 1. The largest absolute Gasteiger partial charge is 0.343 e. The van der Waals surface area contributed by atoms with Gasteiger partial charge < -0.3 is 5.32 Å². The molecule has 1 fully saturated rings. The lowest BCUT2D eigenvalue weighted by molar-refractivity contribution is 0.377. The van der Waals surface area contributed by atoms with E-state index in [4.69, 9.17) is 4.99 Å². The molecule has 0 aliphatic carbocycles. The predicted octanol–water partition coefficient (Wildman–Crippen LogP) is 4.17. The lowest BCUT2D eigenvalue weighted by Crippen LogP contribution is -2.44. The minimum Gasteiger partial charge on any atom is -0.343 e. The first-order valence-electron chi connectivity index (χ1n) is 9.24. The maximum Gasteiger partial charge on any atom is 0.175 e. The van der Waals surface area contributed by atoms with Crippen LogP contribution in [0.15, 0.2) is 58.4 Å². The normalized spacial score (nSPS) is 20.3. The van der Waals surface area contributed by atoms with Gasteiger partial charge in [0.15, 0.2) is 9.84 Å². The minimum absolute atomic E-state index is 0.0413. The first-order chi connectivity index (χ1) is 13.0. The predicted molar refractivity (Wildman–Crippen MR) is 113 cm³/mol. The molecule has 2 aliphatic rings. The quantitative estimate of drug-likeness (QED) is 0.840. The van der Waals surface area contributed by atoms with E-state index in [9.17, 15) is 8.42 Å². The van der Waals surface area contributed by atoms with Gasteiger partial charge in [0.1, 0.15) is 5.84 Å². The molecule has 2 aromatic rings. The molecule has 1 saturated heterocycles. The molecule has 1 spiro atoms. The highest BCUT2D eigenvalue weighted by atomic mass is 32.2. The van der Waals surface area contributed by atoms with E-state index in [1.54, 1.807) is 12.1 Å². The summed E-state index contributed by atoms with van der Waals surface area (Å²) in [6.07, 6.45) is 4.47. The average molecular weight is 401 g/mol. The van der Waals surface area contributed by atoms with Crippen LogP contribution in [0.5, 0.6) is 0 Å². The molecule has 2 heterocycles. The molecule has 2 aliphatic heterocycles. The molecule has 27 heavy (non-hydrogen) atoms. The van der Waals surface area contributed by atoms with Crippen molar-refractivity contribution in [3.8, 4) is 0 Å². The summed E-state index contributed by atoms with van der Waals surface area (Å²) >= 11 is 2.00. The zero-order chi connectivity index (χ0) is 18.9. The highest BCUT2D eigenvalue weighted by Gasteiger charge is 2.41. The third-order valence-corrected chi connectivity index (χ3v) is 7.71. The number of nitrogens with zero attached hydrogens (tertiary/aromatic N) is 1. The number of aliphatic imine (C=N–C) groups is 1. The number of hydrogen-bond acceptors (Lipinski definition) is 4. The smallest absolute Gasteiger partial charge is 0.175 e. The van der Waals surface area contributed by atoms with Crippen LogP contribution in [-0.4, -0.2) is 32.0 Å². The van der Waals surface area contributed by atoms with Crippen molar-refractivity contribution in [3.05, 3.63) is 59.7 Å². The van der Waals surface area contributed by atoms with Crippen LogP contribution >= 0.6 is 11.8 Å². The zero-order valence-corrected chi connectivity index (χ0v) is 17.1. The molecule has 4 rings (SSSR count). The third-order valence-electron chi connectivity index (χ3n) is 5.53. The highest BCUT2D eigenvalue weighted by Crippen LogP contribution is 2.44. The Kier molecular flexibility index (Phi) is 5.03. The molecule has 0 amide bonds. The van der Waals surface area contributed by atoms with Crippen molar-refractivity contribution < 1.29 is 8.42 Å². The number of hydrogen-bond donors (Lipinski definition) is 1. The van der Waals surface area contributed by atoms with Crippen molar-refractivity contribution in [2.45, 2.75) is 30.7 Å². The summed E-state index contributed by atoms with van der Waals surface area (Å²) in [5.74, 6) is 3.30. The summed E-state index contributed by atoms with van der Waals surface area (Å²) in [7, 11) is -3.26. The molecule has 0 unspecified atom stereocenters. The number of thioether (sulfide) groups is 1. The van der Waals surface area contributed by atoms with Crippen LogP contribution in [0.2, 0.25) is 0 Å². The number of para-hydroxylation sites is 1. The summed E-state index contributed by atoms with van der Waals surface area (Å²) in [4.78, 5) is 5.31. The van der Waals surface area contributed by atoms with Crippen molar-refractivity contribution >= 4 is 33.1 Å². The summed E-state index contributed by atoms with van der Waals surface area (Å²) in [5, 5.41) is 3.58. The van der Waals surface area contributed by atoms with E-state index < -0.39 is 9.84 Å². The van der Waals surface area contributed by atoms with E-state index in [-0.39, 0.29) is 5.41 Å². The molecule has 142 valence electrons. The number of anilines is 1. The summed E-state index contributed by atoms with van der Waals surface area (Å²) in [6, 6.07) is 15.6. The number of amidine groups is 1. The molecular formula is C21H24N2O2S2. The first kappa shape index (κ1) is 18.6. The zero-order valence-electron chi connectivity index (χ0n) is 15.4. The molecule has 0 atom stereocenters. The van der Waals surface area contributed by atoms with Crippen molar-refractivity contribution in [1.29, 1.82) is 0 Å². The van der Waals surface area contributed by atoms with Crippen molar-refractivity contribution in [1.82, 2.24) is 0 Å². The molecule has 0 aromatic heterocycles. The van der Waals surface area contributed by atoms with Crippen LogP contribution in [0.3, 0.4) is 0 Å². The van der Waals surface area contributed by atoms with Gasteiger partial charge in [-0.2, -0.15) is 11.8 Å². The lowest BCUT2D eigenvalue weighted by Gasteiger charge is -2.42. The Morgan fingerprint density at radius 1 is 1.07 bits per heavy atom. The Morgan fingerprint density at radius 2 is 1.78 bits per heavy atom. The lowest BCUT2D eigenvalue weighted by atomic mass is 9.73. The van der Waals surface area contributed by atoms with Crippen LogP contribution in [0.1, 0.15) is 24.0 Å². The molecule has 0 saturated carbocycles. The second-order valence-corrected chi connectivity index (χ2v) is 10.6. The minimum atomic E-state index is -3.26. The standard InChI is InChI=1S/C21H24N2O2S2/c1-27(24,25)19-9-5-3-7-17(19)15-22-20-21(10-12-26-13-11-21)14-16-6-2-4-8-18(16)23-20/h2-9H,10-15H2,1H3,(H,22,23). The van der Waals surface area contributed by atoms with Gasteiger partial charge in [0.05, 0.1) is 11.4 Å². The van der Waals surface area contributed by atoms with Crippen LogP contribution < -0.4 is 5.32 Å². The van der Waals surface area contributed by atoms with E-state index in [1.165, 1.54) is 11.8 Å². The van der Waals surface area contributed by atoms with Crippen LogP contribution in [0.4, 0.5) is 5.69 Å². The molecule has 0 radical (unpaired) electrons. The molecule has 6 heteroatoms. The van der Waals surface area contributed by atoms with E-state index in [2.05, 4.69) is 23.5 Å². The van der Waals surface area contributed by atoms with Gasteiger partial charge in [0.2, 0.25) is 0 Å². The number of rotatable bonds is 3. The van der Waals surface area contributed by atoms with Crippen molar-refractivity contribution in [3.63, 3.8) is 0 Å². The number of benzene rings is 2. The van der Waals surface area contributed by atoms with Gasteiger partial charge in [-0.15, -0.1) is 0 Å². The second-order valence-electron chi connectivity index (χ2n) is 7.40. The maximum absolute atomic E-state index is 12.1. The Morgan fingerprint density at radius 3 is 2.56 bits per heavy atom. The second kappa shape index (κ2) is 7.32. The van der Waals surface area contributed by atoms with E-state index in [1.807, 2.05) is 30.0 Å². The van der Waals surface area contributed by atoms with Crippen molar-refractivity contribution in [2.75, 3.05) is 23.1 Å². The first-order valence-corrected chi connectivity index (χ1v) is 12.3. The Hall–Kier alpha value is -1.79. The van der Waals surface area contributed by atoms with Gasteiger partial charge in [0.25, 0.3) is 0 Å². The van der Waals surface area contributed by atoms with Gasteiger partial charge >= 0.3 is 0 Å². The SMILES string of the molecule is CS(=O)(=O)c1ccccc1CN=C1Nc2ccccc2CC12CCSCC2. The summed E-state index contributed by atoms with van der Waals surface area (Å²) in [6.45, 7) is 0.378. The average Bonchev–Trinajstić information content (AvgIpc) is 2.66. The number of sulfone groups is 1. The fourth-order valence-corrected chi connectivity index (χ4v) is 6.26. The molecule has 4 nitrogen and oxygen atoms in total. The fourth-order valence-electron chi connectivity index (χ4n) is 4.05. The maximum atomic E-state index is 12.1. The van der Waals surface area contributed by atoms with Crippen molar-refractivity contribution in [2.24, 2.45) is 10.4 Å². The summed E-state index contributed by atoms with van der Waals surface area (Å²) in [5.41, 5.74) is 3.27. The fraction of sp³-hybridized carbons (Fsp3) is 0.381. The van der Waals surface area contributed by atoms with Gasteiger partial charge in [-0.3, -0.25) is 4.99 Å². The number of fused-ring (bicyclic) bond motifs is 1. The molecule has 2 aromatic carbocycles. The van der Waals surface area contributed by atoms with Gasteiger partial charge in [-0.25, -0.2) is 8.42 Å². The monoisotopic (exact) mass is 400 g/mol. The molecule has 1 N–H and O–H groups in total. The van der Waals surface area contributed by atoms with Crippen LogP contribution in [0.25, 0.3) is 0 Å². The topological polar surface area (TPSA) is 58.5 Å².